The van der Waals surface area contributed by atoms with Gasteiger partial charge >= 0.3 is 0 Å². The van der Waals surface area contributed by atoms with E-state index in [1.54, 1.807) is 0 Å². The standard InChI is InChI=1S/C19H24N4O2/c1-14-4-2-3-5-17(14)15-6-8-23(12-15)9-7-21-18(24)10-16-11-20-13-22-19(16)25/h2-5,11,13,15H,6-10,12H2,1H3,(H,21,24)(H,20,22,25)/t15-/m1/s1. The maximum atomic E-state index is 12.0. The monoisotopic (exact) mass is 340 g/mol. The summed E-state index contributed by atoms with van der Waals surface area (Å²) in [4.78, 5) is 32.2. The molecular weight excluding hydrogens is 316 g/mol. The van der Waals surface area contributed by atoms with Crippen molar-refractivity contribution >= 4 is 5.91 Å². The van der Waals surface area contributed by atoms with Crippen LogP contribution in [0.2, 0.25) is 0 Å². The van der Waals surface area contributed by atoms with Gasteiger partial charge in [-0.15, -0.1) is 0 Å². The number of carbonyl (C=O) groups is 1. The summed E-state index contributed by atoms with van der Waals surface area (Å²) in [6.07, 6.45) is 3.98. The van der Waals surface area contributed by atoms with E-state index >= 15 is 0 Å². The van der Waals surface area contributed by atoms with Gasteiger partial charge in [0, 0.05) is 31.4 Å². The van der Waals surface area contributed by atoms with Crippen LogP contribution in [0.4, 0.5) is 0 Å². The number of amides is 1. The third-order valence-electron chi connectivity index (χ3n) is 4.79. The molecule has 6 nitrogen and oxygen atoms in total. The van der Waals surface area contributed by atoms with Crippen molar-refractivity contribution in [1.29, 1.82) is 0 Å². The number of H-pyrrole nitrogens is 1. The molecule has 1 aromatic heterocycles. The van der Waals surface area contributed by atoms with Crippen molar-refractivity contribution in [2.75, 3.05) is 26.2 Å². The van der Waals surface area contributed by atoms with Gasteiger partial charge in [0.1, 0.15) is 0 Å². The largest absolute Gasteiger partial charge is 0.355 e. The van der Waals surface area contributed by atoms with Crippen LogP contribution in [-0.4, -0.2) is 47.0 Å². The van der Waals surface area contributed by atoms with Crippen molar-refractivity contribution < 1.29 is 4.79 Å². The molecule has 1 atom stereocenters. The summed E-state index contributed by atoms with van der Waals surface area (Å²) in [6.45, 7) is 5.67. The third kappa shape index (κ3) is 4.54. The van der Waals surface area contributed by atoms with E-state index in [1.807, 2.05) is 0 Å². The van der Waals surface area contributed by atoms with E-state index in [0.717, 1.165) is 26.1 Å². The van der Waals surface area contributed by atoms with Crippen LogP contribution in [0.3, 0.4) is 0 Å². The van der Waals surface area contributed by atoms with E-state index in [9.17, 15) is 9.59 Å². The fourth-order valence-corrected chi connectivity index (χ4v) is 3.42. The molecule has 1 aliphatic heterocycles. The van der Waals surface area contributed by atoms with Gasteiger partial charge in [0.15, 0.2) is 0 Å². The maximum absolute atomic E-state index is 12.0. The molecule has 1 saturated heterocycles. The van der Waals surface area contributed by atoms with Crippen LogP contribution in [0, 0.1) is 6.92 Å². The van der Waals surface area contributed by atoms with E-state index in [1.165, 1.54) is 23.7 Å². The van der Waals surface area contributed by atoms with Crippen LogP contribution in [0.1, 0.15) is 29.0 Å². The molecule has 1 aliphatic rings. The minimum Gasteiger partial charge on any atom is -0.355 e. The van der Waals surface area contributed by atoms with Crippen molar-refractivity contribution in [2.24, 2.45) is 0 Å². The number of carbonyl (C=O) groups excluding carboxylic acids is 1. The summed E-state index contributed by atoms with van der Waals surface area (Å²) in [5, 5.41) is 2.89. The minimum atomic E-state index is -0.259. The summed E-state index contributed by atoms with van der Waals surface area (Å²) in [5.41, 5.74) is 2.92. The van der Waals surface area contributed by atoms with Gasteiger partial charge in [0.2, 0.25) is 5.91 Å². The molecule has 2 N–H and O–H groups in total. The lowest BCUT2D eigenvalue weighted by atomic mass is 9.94. The van der Waals surface area contributed by atoms with Crippen LogP contribution >= 0.6 is 0 Å². The summed E-state index contributed by atoms with van der Waals surface area (Å²) in [7, 11) is 0. The van der Waals surface area contributed by atoms with Crippen molar-refractivity contribution in [3.8, 4) is 0 Å². The van der Waals surface area contributed by atoms with E-state index in [-0.39, 0.29) is 17.9 Å². The highest BCUT2D eigenvalue weighted by Crippen LogP contribution is 2.28. The van der Waals surface area contributed by atoms with Gasteiger partial charge in [-0.05, 0) is 36.9 Å². The molecule has 1 amide bonds. The average molecular weight is 340 g/mol. The average Bonchev–Trinajstić information content (AvgIpc) is 3.06. The second-order valence-electron chi connectivity index (χ2n) is 6.58. The lowest BCUT2D eigenvalue weighted by molar-refractivity contribution is -0.120. The predicted octanol–water partition coefficient (Wildman–Crippen LogP) is 1.23. The number of hydrogen-bond donors (Lipinski definition) is 2. The lowest BCUT2D eigenvalue weighted by Gasteiger charge is -2.17. The van der Waals surface area contributed by atoms with Gasteiger partial charge in [0.05, 0.1) is 12.7 Å². The predicted molar refractivity (Wildman–Crippen MR) is 96.5 cm³/mol. The van der Waals surface area contributed by atoms with Gasteiger partial charge in [-0.1, -0.05) is 24.3 Å². The highest BCUT2D eigenvalue weighted by molar-refractivity contribution is 5.78. The number of aromatic nitrogens is 2. The van der Waals surface area contributed by atoms with Crippen LogP contribution in [0.15, 0.2) is 41.6 Å². The first-order chi connectivity index (χ1) is 12.1. The number of aromatic amines is 1. The highest BCUT2D eigenvalue weighted by Gasteiger charge is 2.24. The van der Waals surface area contributed by atoms with Gasteiger partial charge < -0.3 is 15.2 Å². The zero-order chi connectivity index (χ0) is 17.6. The van der Waals surface area contributed by atoms with Crippen molar-refractivity contribution in [3.63, 3.8) is 0 Å². The zero-order valence-corrected chi connectivity index (χ0v) is 14.5. The van der Waals surface area contributed by atoms with E-state index in [2.05, 4.69) is 51.4 Å². The minimum absolute atomic E-state index is 0.0645. The molecule has 2 aromatic rings. The number of hydrogen-bond acceptors (Lipinski definition) is 4. The number of nitrogens with zero attached hydrogens (tertiary/aromatic N) is 2. The van der Waals surface area contributed by atoms with Crippen LogP contribution < -0.4 is 10.9 Å². The van der Waals surface area contributed by atoms with Crippen molar-refractivity contribution in [2.45, 2.75) is 25.7 Å². The molecule has 1 aromatic carbocycles. The molecule has 0 unspecified atom stereocenters. The van der Waals surface area contributed by atoms with Gasteiger partial charge in [-0.3, -0.25) is 9.59 Å². The Bertz CT molecular complexity index is 787. The normalized spacial score (nSPS) is 17.6. The number of benzene rings is 1. The first-order valence-corrected chi connectivity index (χ1v) is 8.69. The SMILES string of the molecule is Cc1ccccc1[C@@H]1CCN(CCNC(=O)Cc2cnc[nH]c2=O)C1. The summed E-state index contributed by atoms with van der Waals surface area (Å²) in [5.74, 6) is 0.430. The number of aryl methyl sites for hydroxylation is 1. The maximum Gasteiger partial charge on any atom is 0.254 e. The van der Waals surface area contributed by atoms with E-state index in [0.29, 0.717) is 18.0 Å². The zero-order valence-electron chi connectivity index (χ0n) is 14.5. The molecule has 0 bridgehead atoms. The highest BCUT2D eigenvalue weighted by atomic mass is 16.2. The molecule has 1 fully saturated rings. The molecule has 3 rings (SSSR count). The molecule has 0 spiro atoms. The molecule has 0 aliphatic carbocycles. The Labute approximate surface area is 147 Å². The van der Waals surface area contributed by atoms with Gasteiger partial charge in [-0.25, -0.2) is 4.98 Å². The van der Waals surface area contributed by atoms with Crippen molar-refractivity contribution in [3.05, 3.63) is 63.8 Å². The fraction of sp³-hybridized carbons (Fsp3) is 0.421. The number of likely N-dealkylation sites (tertiary alicyclic amines) is 1. The Morgan fingerprint density at radius 1 is 1.40 bits per heavy atom. The summed E-state index contributed by atoms with van der Waals surface area (Å²) >= 11 is 0. The molecule has 6 heteroatoms. The smallest absolute Gasteiger partial charge is 0.254 e. The fourth-order valence-electron chi connectivity index (χ4n) is 3.42. The number of rotatable bonds is 6. The van der Waals surface area contributed by atoms with Crippen molar-refractivity contribution in [1.82, 2.24) is 20.2 Å². The summed E-state index contributed by atoms with van der Waals surface area (Å²) in [6, 6.07) is 8.56. The molecule has 25 heavy (non-hydrogen) atoms. The first kappa shape index (κ1) is 17.4. The second-order valence-corrected chi connectivity index (χ2v) is 6.58. The Hall–Kier alpha value is -2.47. The van der Waals surface area contributed by atoms with E-state index in [4.69, 9.17) is 0 Å². The Balaban J connectivity index is 1.43. The first-order valence-electron chi connectivity index (χ1n) is 8.69. The Kier molecular flexibility index (Phi) is 5.60. The Morgan fingerprint density at radius 3 is 3.04 bits per heavy atom. The summed E-state index contributed by atoms with van der Waals surface area (Å²) < 4.78 is 0. The lowest BCUT2D eigenvalue weighted by Crippen LogP contribution is -2.35. The topological polar surface area (TPSA) is 78.1 Å². The molecule has 0 radical (unpaired) electrons. The van der Waals surface area contributed by atoms with Crippen LogP contribution in [0.25, 0.3) is 0 Å². The molecule has 2 heterocycles. The molecule has 0 saturated carbocycles. The third-order valence-corrected chi connectivity index (χ3v) is 4.79. The van der Waals surface area contributed by atoms with Gasteiger partial charge in [0.25, 0.3) is 5.56 Å². The quantitative estimate of drug-likeness (QED) is 0.829. The van der Waals surface area contributed by atoms with Crippen LogP contribution in [-0.2, 0) is 11.2 Å². The number of nitrogens with one attached hydrogen (secondary N) is 2. The second kappa shape index (κ2) is 8.07. The van der Waals surface area contributed by atoms with Crippen LogP contribution in [0.5, 0.6) is 0 Å². The van der Waals surface area contributed by atoms with Gasteiger partial charge in [-0.2, -0.15) is 0 Å². The van der Waals surface area contributed by atoms with E-state index < -0.39 is 0 Å². The Morgan fingerprint density at radius 2 is 2.24 bits per heavy atom. The molecule has 132 valence electrons. The molecular formula is C19H24N4O2.